The summed E-state index contributed by atoms with van der Waals surface area (Å²) in [5, 5.41) is 0. The number of hydrogen-bond donors (Lipinski definition) is 0. The second-order valence-corrected chi connectivity index (χ2v) is 5.52. The highest BCUT2D eigenvalue weighted by Gasteiger charge is 2.73. The minimum absolute atomic E-state index is 0.0399. The first-order chi connectivity index (χ1) is 10.2. The fourth-order valence-electron chi connectivity index (χ4n) is 1.79. The van der Waals surface area contributed by atoms with Gasteiger partial charge in [-0.05, 0) is 19.8 Å². The molecule has 9 heteroatoms. The highest BCUT2D eigenvalue weighted by atomic mass is 19.3. The summed E-state index contributed by atoms with van der Waals surface area (Å²) in [6, 6.07) is 0. The van der Waals surface area contributed by atoms with E-state index in [0.29, 0.717) is 0 Å². The molecule has 0 aromatic heterocycles. The lowest BCUT2D eigenvalue weighted by Crippen LogP contribution is -2.62. The van der Waals surface area contributed by atoms with Crippen LogP contribution in [-0.4, -0.2) is 36.5 Å². The molecule has 0 saturated carbocycles. The van der Waals surface area contributed by atoms with Gasteiger partial charge in [0.05, 0.1) is 6.61 Å². The van der Waals surface area contributed by atoms with Gasteiger partial charge in [-0.1, -0.05) is 20.4 Å². The van der Waals surface area contributed by atoms with Gasteiger partial charge in [-0.25, -0.2) is 26.7 Å². The molecule has 0 rings (SSSR count). The number of hydrogen-bond acceptors (Lipinski definition) is 2. The number of carbonyl (C=O) groups is 1. The largest absolute Gasteiger partial charge is 0.462 e. The van der Waals surface area contributed by atoms with Crippen LogP contribution in [0.3, 0.4) is 0 Å². The average Bonchev–Trinajstić information content (AvgIpc) is 2.41. The maximum atomic E-state index is 14.4. The third-order valence-corrected chi connectivity index (χ3v) is 3.30. The third-order valence-electron chi connectivity index (χ3n) is 3.30. The normalized spacial score (nSPS) is 15.7. The van der Waals surface area contributed by atoms with E-state index >= 15 is 0 Å². The Bertz CT molecular complexity index is 413. The van der Waals surface area contributed by atoms with Crippen molar-refractivity contribution in [3.63, 3.8) is 0 Å². The zero-order chi connectivity index (χ0) is 18.6. The maximum absolute atomic E-state index is 14.4. The van der Waals surface area contributed by atoms with Crippen LogP contribution in [0.15, 0.2) is 12.2 Å². The quantitative estimate of drug-likeness (QED) is 0.258. The number of halogens is 7. The summed E-state index contributed by atoms with van der Waals surface area (Å²) in [7, 11) is 0. The molecule has 0 amide bonds. The predicted molar refractivity (Wildman–Crippen MR) is 69.6 cm³/mol. The van der Waals surface area contributed by atoms with Crippen LogP contribution in [0, 0.1) is 5.92 Å². The molecule has 1 unspecified atom stereocenters. The Balaban J connectivity index is 5.26. The number of ether oxygens (including phenoxy) is 1. The molecule has 0 heterocycles. The van der Waals surface area contributed by atoms with Crippen molar-refractivity contribution in [2.45, 2.75) is 57.6 Å². The lowest BCUT2D eigenvalue weighted by molar-refractivity contribution is -0.300. The van der Waals surface area contributed by atoms with Gasteiger partial charge in [0, 0.05) is 11.5 Å². The van der Waals surface area contributed by atoms with E-state index < -0.39 is 55.3 Å². The molecule has 136 valence electrons. The first-order valence-corrected chi connectivity index (χ1v) is 6.77. The topological polar surface area (TPSA) is 26.3 Å². The molecule has 0 radical (unpaired) electrons. The van der Waals surface area contributed by atoms with E-state index in [1.807, 2.05) is 0 Å². The summed E-state index contributed by atoms with van der Waals surface area (Å²) < 4.78 is 98.3. The molecule has 2 nitrogen and oxygen atoms in total. The molecule has 0 spiro atoms. The van der Waals surface area contributed by atoms with Crippen molar-refractivity contribution < 1.29 is 40.3 Å². The standard InChI is InChI=1S/C14H19F7O2/c1-8(2)10(22)23-7-5-6-12(17,13(18,19)9(3)4)14(20,21)11(15)16/h9,11H,1,5-7H2,2-4H3. The minimum atomic E-state index is -5.56. The van der Waals surface area contributed by atoms with Gasteiger partial charge in [-0.15, -0.1) is 0 Å². The number of rotatable bonds is 9. The second-order valence-electron chi connectivity index (χ2n) is 5.52. The Morgan fingerprint density at radius 2 is 1.57 bits per heavy atom. The van der Waals surface area contributed by atoms with Crippen LogP contribution in [0.1, 0.15) is 33.6 Å². The highest BCUT2D eigenvalue weighted by Crippen LogP contribution is 2.52. The maximum Gasteiger partial charge on any atom is 0.346 e. The summed E-state index contributed by atoms with van der Waals surface area (Å²) in [6.45, 7) is 5.32. The second kappa shape index (κ2) is 7.53. The summed E-state index contributed by atoms with van der Waals surface area (Å²) in [5.41, 5.74) is -4.81. The zero-order valence-corrected chi connectivity index (χ0v) is 12.9. The molecule has 1 atom stereocenters. The van der Waals surface area contributed by atoms with Crippen LogP contribution in [0.5, 0.6) is 0 Å². The molecule has 0 saturated heterocycles. The molecule has 0 aliphatic heterocycles. The summed E-state index contributed by atoms with van der Waals surface area (Å²) in [5.74, 6) is -13.1. The number of carbonyl (C=O) groups excluding carboxylic acids is 1. The van der Waals surface area contributed by atoms with Crippen LogP contribution in [0.2, 0.25) is 0 Å². The zero-order valence-electron chi connectivity index (χ0n) is 12.9. The number of esters is 1. The molecular weight excluding hydrogens is 333 g/mol. The minimum Gasteiger partial charge on any atom is -0.462 e. The first-order valence-electron chi connectivity index (χ1n) is 6.77. The molecule has 0 N–H and O–H groups in total. The van der Waals surface area contributed by atoms with Gasteiger partial charge in [-0.3, -0.25) is 0 Å². The van der Waals surface area contributed by atoms with Gasteiger partial charge < -0.3 is 4.74 Å². The van der Waals surface area contributed by atoms with Crippen LogP contribution in [0.25, 0.3) is 0 Å². The van der Waals surface area contributed by atoms with Gasteiger partial charge in [0.25, 0.3) is 5.92 Å². The van der Waals surface area contributed by atoms with E-state index in [2.05, 4.69) is 11.3 Å². The molecule has 23 heavy (non-hydrogen) atoms. The molecule has 0 aromatic rings. The van der Waals surface area contributed by atoms with Crippen molar-refractivity contribution in [3.8, 4) is 0 Å². The first kappa shape index (κ1) is 21.7. The lowest BCUT2D eigenvalue weighted by atomic mass is 9.80. The summed E-state index contributed by atoms with van der Waals surface area (Å²) in [4.78, 5) is 11.0. The Morgan fingerprint density at radius 3 is 1.91 bits per heavy atom. The summed E-state index contributed by atoms with van der Waals surface area (Å²) >= 11 is 0. The molecule has 0 aliphatic carbocycles. The van der Waals surface area contributed by atoms with Crippen molar-refractivity contribution in [2.75, 3.05) is 6.61 Å². The Morgan fingerprint density at radius 1 is 1.09 bits per heavy atom. The van der Waals surface area contributed by atoms with E-state index in [4.69, 9.17) is 0 Å². The molecule has 0 aliphatic rings. The summed E-state index contributed by atoms with van der Waals surface area (Å²) in [6.07, 6.45) is -6.98. The molecule has 0 fully saturated rings. The van der Waals surface area contributed by atoms with E-state index in [1.165, 1.54) is 6.92 Å². The predicted octanol–water partition coefficient (Wildman–Crippen LogP) is 4.79. The van der Waals surface area contributed by atoms with Crippen molar-refractivity contribution >= 4 is 5.97 Å². The van der Waals surface area contributed by atoms with Gasteiger partial charge >= 0.3 is 18.3 Å². The van der Waals surface area contributed by atoms with Crippen LogP contribution >= 0.6 is 0 Å². The SMILES string of the molecule is C=C(C)C(=O)OCCCC(F)(C(F)(F)C(C)C)C(F)(F)C(F)F. The van der Waals surface area contributed by atoms with E-state index in [-0.39, 0.29) is 5.57 Å². The van der Waals surface area contributed by atoms with Gasteiger partial charge in [0.1, 0.15) is 0 Å². The molecule has 0 aromatic carbocycles. The highest BCUT2D eigenvalue weighted by molar-refractivity contribution is 5.86. The fourth-order valence-corrected chi connectivity index (χ4v) is 1.79. The van der Waals surface area contributed by atoms with Gasteiger partial charge in [-0.2, -0.15) is 8.78 Å². The third kappa shape index (κ3) is 4.38. The van der Waals surface area contributed by atoms with Crippen molar-refractivity contribution in [1.82, 2.24) is 0 Å². The smallest absolute Gasteiger partial charge is 0.346 e. The average molecular weight is 352 g/mol. The van der Waals surface area contributed by atoms with E-state index in [0.717, 1.165) is 13.8 Å². The van der Waals surface area contributed by atoms with E-state index in [1.54, 1.807) is 0 Å². The van der Waals surface area contributed by atoms with Crippen LogP contribution < -0.4 is 0 Å². The Kier molecular flexibility index (Phi) is 7.11. The van der Waals surface area contributed by atoms with E-state index in [9.17, 15) is 35.5 Å². The lowest BCUT2D eigenvalue weighted by Gasteiger charge is -2.40. The molecule has 0 bridgehead atoms. The van der Waals surface area contributed by atoms with Crippen LogP contribution in [0.4, 0.5) is 30.7 Å². The van der Waals surface area contributed by atoms with Gasteiger partial charge in [0.2, 0.25) is 5.67 Å². The molecular formula is C14H19F7O2. The monoisotopic (exact) mass is 352 g/mol. The van der Waals surface area contributed by atoms with Crippen molar-refractivity contribution in [1.29, 1.82) is 0 Å². The van der Waals surface area contributed by atoms with Crippen molar-refractivity contribution in [2.24, 2.45) is 5.92 Å². The van der Waals surface area contributed by atoms with Gasteiger partial charge in [0.15, 0.2) is 0 Å². The van der Waals surface area contributed by atoms with Crippen molar-refractivity contribution in [3.05, 3.63) is 12.2 Å². The Hall–Kier alpha value is -1.28. The number of alkyl halides is 7. The Labute approximate surface area is 129 Å². The fraction of sp³-hybridized carbons (Fsp3) is 0.786. The van der Waals surface area contributed by atoms with Crippen LogP contribution in [-0.2, 0) is 9.53 Å².